The van der Waals surface area contributed by atoms with Gasteiger partial charge in [-0.25, -0.2) is 9.37 Å². The first-order valence-electron chi connectivity index (χ1n) is 4.56. The topological polar surface area (TPSA) is 63.8 Å². The molecule has 3 N–H and O–H groups in total. The third kappa shape index (κ3) is 2.75. The van der Waals surface area contributed by atoms with Gasteiger partial charge >= 0.3 is 0 Å². The average molecular weight is 273 g/mol. The molecule has 1 heterocycles. The second-order valence-electron chi connectivity index (χ2n) is 3.17. The zero-order chi connectivity index (χ0) is 12.4. The van der Waals surface area contributed by atoms with Gasteiger partial charge in [0, 0.05) is 0 Å². The Kier molecular flexibility index (Phi) is 3.31. The minimum atomic E-state index is -0.422. The molecule has 1 aromatic heterocycles. The van der Waals surface area contributed by atoms with E-state index in [0.29, 0.717) is 16.5 Å². The Hall–Kier alpha value is -1.59. The molecule has 0 aliphatic rings. The lowest BCUT2D eigenvalue weighted by atomic mass is 10.3. The zero-order valence-corrected chi connectivity index (χ0v) is 9.93. The first kappa shape index (κ1) is 11.9. The van der Waals surface area contributed by atoms with E-state index in [4.69, 9.17) is 28.9 Å². The highest BCUT2D eigenvalue weighted by atomic mass is 35.5. The quantitative estimate of drug-likeness (QED) is 0.881. The van der Waals surface area contributed by atoms with Crippen molar-refractivity contribution in [1.29, 1.82) is 0 Å². The first-order valence-corrected chi connectivity index (χ1v) is 5.32. The van der Waals surface area contributed by atoms with Crippen molar-refractivity contribution in [3.63, 3.8) is 0 Å². The third-order valence-corrected chi connectivity index (χ3v) is 2.54. The summed E-state index contributed by atoms with van der Waals surface area (Å²) >= 11 is 11.7. The summed E-state index contributed by atoms with van der Waals surface area (Å²) in [6.45, 7) is 0. The van der Waals surface area contributed by atoms with E-state index in [0.717, 1.165) is 0 Å². The standard InChI is InChI=1S/C10H7Cl2FN4/c11-6-3-5(13)1-2-8(6)16-9-7(12)4-15-10(14)17-9/h1-4H,(H3,14,15,16,17). The van der Waals surface area contributed by atoms with Gasteiger partial charge in [0.05, 0.1) is 16.9 Å². The van der Waals surface area contributed by atoms with Crippen LogP contribution in [0.25, 0.3) is 0 Å². The number of anilines is 3. The Balaban J connectivity index is 2.34. The van der Waals surface area contributed by atoms with Crippen molar-refractivity contribution in [2.75, 3.05) is 11.1 Å². The van der Waals surface area contributed by atoms with E-state index in [1.807, 2.05) is 0 Å². The van der Waals surface area contributed by atoms with Crippen LogP contribution >= 0.6 is 23.2 Å². The van der Waals surface area contributed by atoms with Crippen LogP contribution in [0.15, 0.2) is 24.4 Å². The van der Waals surface area contributed by atoms with Crippen LogP contribution in [0.4, 0.5) is 21.8 Å². The largest absolute Gasteiger partial charge is 0.368 e. The number of nitrogens with two attached hydrogens (primary N) is 1. The molecule has 0 unspecified atom stereocenters. The number of nitrogen functional groups attached to an aromatic ring is 1. The van der Waals surface area contributed by atoms with Crippen LogP contribution < -0.4 is 11.1 Å². The number of nitrogens with zero attached hydrogens (tertiary/aromatic N) is 2. The molecule has 0 aliphatic carbocycles. The summed E-state index contributed by atoms with van der Waals surface area (Å²) in [6.07, 6.45) is 1.36. The fourth-order valence-corrected chi connectivity index (χ4v) is 1.54. The highest BCUT2D eigenvalue weighted by Gasteiger charge is 2.07. The average Bonchev–Trinajstić information content (AvgIpc) is 2.27. The highest BCUT2D eigenvalue weighted by Crippen LogP contribution is 2.28. The van der Waals surface area contributed by atoms with Gasteiger partial charge in [-0.3, -0.25) is 0 Å². The van der Waals surface area contributed by atoms with Gasteiger partial charge < -0.3 is 11.1 Å². The molecule has 0 aliphatic heterocycles. The van der Waals surface area contributed by atoms with Crippen molar-refractivity contribution in [1.82, 2.24) is 9.97 Å². The molecule has 0 bridgehead atoms. The van der Waals surface area contributed by atoms with Gasteiger partial charge in [0.2, 0.25) is 5.95 Å². The van der Waals surface area contributed by atoms with Crippen molar-refractivity contribution in [2.24, 2.45) is 0 Å². The van der Waals surface area contributed by atoms with Crippen LogP contribution in [-0.4, -0.2) is 9.97 Å². The number of halogens is 3. The van der Waals surface area contributed by atoms with E-state index in [-0.39, 0.29) is 11.0 Å². The molecule has 17 heavy (non-hydrogen) atoms. The first-order chi connectivity index (χ1) is 8.06. The predicted octanol–water partition coefficient (Wildman–Crippen LogP) is 3.25. The maximum absolute atomic E-state index is 12.8. The summed E-state index contributed by atoms with van der Waals surface area (Å²) in [7, 11) is 0. The molecule has 0 saturated heterocycles. The van der Waals surface area contributed by atoms with Crippen molar-refractivity contribution in [3.05, 3.63) is 40.3 Å². The van der Waals surface area contributed by atoms with Crippen molar-refractivity contribution >= 4 is 40.7 Å². The molecular formula is C10H7Cl2FN4. The Morgan fingerprint density at radius 3 is 2.71 bits per heavy atom. The third-order valence-electron chi connectivity index (χ3n) is 1.95. The smallest absolute Gasteiger partial charge is 0.222 e. The Labute approximate surface area is 107 Å². The van der Waals surface area contributed by atoms with Crippen LogP contribution in [-0.2, 0) is 0 Å². The maximum atomic E-state index is 12.8. The Bertz CT molecular complexity index is 562. The second-order valence-corrected chi connectivity index (χ2v) is 3.99. The number of rotatable bonds is 2. The van der Waals surface area contributed by atoms with Crippen LogP contribution in [0.5, 0.6) is 0 Å². The minimum Gasteiger partial charge on any atom is -0.368 e. The molecule has 0 atom stereocenters. The van der Waals surface area contributed by atoms with Gasteiger partial charge in [-0.1, -0.05) is 23.2 Å². The number of nitrogens with one attached hydrogen (secondary N) is 1. The van der Waals surface area contributed by atoms with Crippen molar-refractivity contribution < 1.29 is 4.39 Å². The molecule has 0 spiro atoms. The summed E-state index contributed by atoms with van der Waals surface area (Å²) < 4.78 is 12.8. The van der Waals surface area contributed by atoms with Gasteiger partial charge in [-0.15, -0.1) is 0 Å². The summed E-state index contributed by atoms with van der Waals surface area (Å²) in [5.41, 5.74) is 5.91. The van der Waals surface area contributed by atoms with Crippen LogP contribution in [0.1, 0.15) is 0 Å². The monoisotopic (exact) mass is 272 g/mol. The highest BCUT2D eigenvalue weighted by molar-refractivity contribution is 6.34. The van der Waals surface area contributed by atoms with E-state index >= 15 is 0 Å². The number of hydrogen-bond donors (Lipinski definition) is 2. The normalized spacial score (nSPS) is 10.3. The molecule has 0 radical (unpaired) electrons. The number of aromatic nitrogens is 2. The molecule has 0 fully saturated rings. The summed E-state index contributed by atoms with van der Waals surface area (Å²) in [6, 6.07) is 3.93. The fourth-order valence-electron chi connectivity index (χ4n) is 1.19. The van der Waals surface area contributed by atoms with E-state index < -0.39 is 5.82 Å². The van der Waals surface area contributed by atoms with Gasteiger partial charge in [-0.2, -0.15) is 4.98 Å². The van der Waals surface area contributed by atoms with E-state index in [1.54, 1.807) is 0 Å². The SMILES string of the molecule is Nc1ncc(Cl)c(Nc2ccc(F)cc2Cl)n1. The molecule has 88 valence electrons. The lowest BCUT2D eigenvalue weighted by Gasteiger charge is -2.09. The summed E-state index contributed by atoms with van der Waals surface area (Å²) in [5, 5.41) is 3.36. The van der Waals surface area contributed by atoms with Crippen molar-refractivity contribution in [3.8, 4) is 0 Å². The Morgan fingerprint density at radius 2 is 2.00 bits per heavy atom. The van der Waals surface area contributed by atoms with E-state index in [1.165, 1.54) is 24.4 Å². The zero-order valence-electron chi connectivity index (χ0n) is 8.42. The molecule has 2 rings (SSSR count). The van der Waals surface area contributed by atoms with E-state index in [2.05, 4.69) is 15.3 Å². The summed E-state index contributed by atoms with van der Waals surface area (Å²) in [5.74, 6) is -0.0309. The van der Waals surface area contributed by atoms with Gasteiger partial charge in [0.15, 0.2) is 5.82 Å². The van der Waals surface area contributed by atoms with Crippen LogP contribution in [0.2, 0.25) is 10.0 Å². The fraction of sp³-hybridized carbons (Fsp3) is 0. The number of hydrogen-bond acceptors (Lipinski definition) is 4. The maximum Gasteiger partial charge on any atom is 0.222 e. The van der Waals surface area contributed by atoms with Crippen LogP contribution in [0.3, 0.4) is 0 Å². The van der Waals surface area contributed by atoms with Gasteiger partial charge in [-0.05, 0) is 18.2 Å². The Morgan fingerprint density at radius 1 is 1.24 bits per heavy atom. The molecule has 7 heteroatoms. The minimum absolute atomic E-state index is 0.0788. The lowest BCUT2D eigenvalue weighted by Crippen LogP contribution is -2.00. The summed E-state index contributed by atoms with van der Waals surface area (Å²) in [4.78, 5) is 7.62. The molecule has 1 aromatic carbocycles. The lowest BCUT2D eigenvalue weighted by molar-refractivity contribution is 0.628. The van der Waals surface area contributed by atoms with Crippen LogP contribution in [0, 0.1) is 5.82 Å². The van der Waals surface area contributed by atoms with Gasteiger partial charge in [0.1, 0.15) is 10.8 Å². The molecule has 4 nitrogen and oxygen atoms in total. The van der Waals surface area contributed by atoms with Gasteiger partial charge in [0.25, 0.3) is 0 Å². The van der Waals surface area contributed by atoms with Crippen molar-refractivity contribution in [2.45, 2.75) is 0 Å². The molecule has 0 amide bonds. The second kappa shape index (κ2) is 4.73. The molecule has 0 saturated carbocycles. The molecular weight excluding hydrogens is 266 g/mol. The van der Waals surface area contributed by atoms with E-state index in [9.17, 15) is 4.39 Å². The number of benzene rings is 1. The molecule has 2 aromatic rings. The predicted molar refractivity (Wildman–Crippen MR) is 66.1 cm³/mol.